The van der Waals surface area contributed by atoms with Gasteiger partial charge in [-0.15, -0.1) is 0 Å². The third kappa shape index (κ3) is 9.49. The minimum absolute atomic E-state index is 0.166. The summed E-state index contributed by atoms with van der Waals surface area (Å²) in [7, 11) is -7.69. The molecule has 126 valence electrons. The van der Waals surface area contributed by atoms with Crippen LogP contribution in [0.5, 0.6) is 0 Å². The normalized spacial score (nSPS) is 15.9. The zero-order chi connectivity index (χ0) is 16.9. The van der Waals surface area contributed by atoms with Gasteiger partial charge in [-0.1, -0.05) is 0 Å². The lowest BCUT2D eigenvalue weighted by molar-refractivity contribution is -0.0510. The summed E-state index contributed by atoms with van der Waals surface area (Å²) in [5, 5.41) is 0. The Labute approximate surface area is 120 Å². The molecule has 1 aliphatic rings. The van der Waals surface area contributed by atoms with Crippen LogP contribution in [0.15, 0.2) is 12.4 Å². The number of hydrogen-bond donors (Lipinski definition) is 2. The van der Waals surface area contributed by atoms with Crippen molar-refractivity contribution in [2.24, 2.45) is 0 Å². The van der Waals surface area contributed by atoms with E-state index in [0.717, 1.165) is 6.67 Å². The molecule has 1 aliphatic heterocycles. The maximum Gasteiger partial charge on any atom is 0.522 e. The van der Waals surface area contributed by atoms with E-state index in [0.29, 0.717) is 13.0 Å². The van der Waals surface area contributed by atoms with E-state index in [1.807, 2.05) is 29.2 Å². The van der Waals surface area contributed by atoms with Gasteiger partial charge in [-0.2, -0.15) is 30.0 Å². The van der Waals surface area contributed by atoms with Crippen molar-refractivity contribution in [2.75, 3.05) is 26.0 Å². The lowest BCUT2D eigenvalue weighted by atomic mass is 10.4. The summed E-state index contributed by atoms with van der Waals surface area (Å²) in [5.74, 6) is -0.166. The second-order valence-corrected chi connectivity index (χ2v) is 7.05. The standard InChI is InChI=1S/C7H14N2O3S.CHF3O3S/c1-8-4-5-9(7-8)3-2-6-13(10,11)12;2-1(3,4)8(5,6)7/h4-5H,2-3,6-7H2,1H3,(H,10,11,12);(H,5,6,7). The summed E-state index contributed by atoms with van der Waals surface area (Å²) in [6.07, 6.45) is 4.29. The molecule has 1 heterocycles. The Balaban J connectivity index is 0.000000433. The zero-order valence-electron chi connectivity index (χ0n) is 10.9. The Hall–Kier alpha value is -1.05. The van der Waals surface area contributed by atoms with Gasteiger partial charge in [-0.05, 0) is 6.42 Å². The Kier molecular flexibility index (Phi) is 6.92. The molecule has 8 nitrogen and oxygen atoms in total. The van der Waals surface area contributed by atoms with Gasteiger partial charge in [-0.3, -0.25) is 9.11 Å². The van der Waals surface area contributed by atoms with Gasteiger partial charge in [0.05, 0.1) is 12.4 Å². The smallest absolute Gasteiger partial charge is 0.362 e. The highest BCUT2D eigenvalue weighted by Crippen LogP contribution is 2.20. The summed E-state index contributed by atoms with van der Waals surface area (Å²) in [6, 6.07) is 0. The van der Waals surface area contributed by atoms with Crippen LogP contribution in [0.1, 0.15) is 6.42 Å². The van der Waals surface area contributed by atoms with Crippen LogP contribution < -0.4 is 0 Å². The molecule has 0 saturated heterocycles. The fraction of sp³-hybridized carbons (Fsp3) is 0.750. The van der Waals surface area contributed by atoms with Gasteiger partial charge in [0.25, 0.3) is 10.1 Å². The molecule has 1 rings (SSSR count). The van der Waals surface area contributed by atoms with Crippen molar-refractivity contribution in [3.05, 3.63) is 12.4 Å². The Morgan fingerprint density at radius 3 is 1.90 bits per heavy atom. The van der Waals surface area contributed by atoms with Gasteiger partial charge in [0.1, 0.15) is 0 Å². The monoisotopic (exact) mass is 356 g/mol. The van der Waals surface area contributed by atoms with Gasteiger partial charge >= 0.3 is 15.6 Å². The van der Waals surface area contributed by atoms with E-state index >= 15 is 0 Å². The summed E-state index contributed by atoms with van der Waals surface area (Å²) >= 11 is 0. The third-order valence-corrected chi connectivity index (χ3v) is 3.47. The molecule has 0 aromatic rings. The molecule has 0 saturated carbocycles. The van der Waals surface area contributed by atoms with Crippen molar-refractivity contribution in [2.45, 2.75) is 11.9 Å². The van der Waals surface area contributed by atoms with E-state index in [1.54, 1.807) is 0 Å². The fourth-order valence-electron chi connectivity index (χ4n) is 1.18. The molecular weight excluding hydrogens is 341 g/mol. The maximum atomic E-state index is 10.7. The first-order valence-corrected chi connectivity index (χ1v) is 8.39. The first-order chi connectivity index (χ1) is 9.22. The second kappa shape index (κ2) is 7.29. The molecule has 0 aromatic heterocycles. The molecule has 0 radical (unpaired) electrons. The molecule has 2 N–H and O–H groups in total. The first-order valence-electron chi connectivity index (χ1n) is 5.34. The summed E-state index contributed by atoms with van der Waals surface area (Å²) < 4.78 is 86.8. The van der Waals surface area contributed by atoms with Gasteiger partial charge in [0, 0.05) is 26.0 Å². The van der Waals surface area contributed by atoms with Gasteiger partial charge in [0.2, 0.25) is 0 Å². The number of halogens is 3. The predicted molar refractivity (Wildman–Crippen MR) is 67.1 cm³/mol. The number of alkyl halides is 3. The lowest BCUT2D eigenvalue weighted by Gasteiger charge is -2.17. The molecule has 0 aliphatic carbocycles. The molecule has 21 heavy (non-hydrogen) atoms. The number of rotatable bonds is 4. The van der Waals surface area contributed by atoms with Crippen molar-refractivity contribution in [1.82, 2.24) is 9.80 Å². The van der Waals surface area contributed by atoms with E-state index in [4.69, 9.17) is 17.5 Å². The average Bonchev–Trinajstić information content (AvgIpc) is 2.60. The van der Waals surface area contributed by atoms with Crippen molar-refractivity contribution in [3.63, 3.8) is 0 Å². The molecule has 0 unspecified atom stereocenters. The first kappa shape index (κ1) is 19.9. The van der Waals surface area contributed by atoms with Crippen LogP contribution in [0.2, 0.25) is 0 Å². The highest BCUT2D eigenvalue weighted by Gasteiger charge is 2.44. The van der Waals surface area contributed by atoms with Crippen LogP contribution in [-0.2, 0) is 20.2 Å². The molecule has 0 amide bonds. The van der Waals surface area contributed by atoms with Crippen molar-refractivity contribution >= 4 is 20.2 Å². The van der Waals surface area contributed by atoms with E-state index < -0.39 is 25.7 Å². The lowest BCUT2D eigenvalue weighted by Crippen LogP contribution is -2.24. The van der Waals surface area contributed by atoms with Gasteiger partial charge in [-0.25, -0.2) is 0 Å². The van der Waals surface area contributed by atoms with Crippen LogP contribution in [0.3, 0.4) is 0 Å². The third-order valence-electron chi connectivity index (χ3n) is 2.08. The maximum absolute atomic E-state index is 10.7. The Morgan fingerprint density at radius 2 is 1.62 bits per heavy atom. The van der Waals surface area contributed by atoms with E-state index in [1.165, 1.54) is 0 Å². The van der Waals surface area contributed by atoms with Crippen molar-refractivity contribution in [3.8, 4) is 0 Å². The Bertz CT molecular complexity index is 557. The minimum Gasteiger partial charge on any atom is -0.362 e. The molecule has 13 heteroatoms. The van der Waals surface area contributed by atoms with Crippen LogP contribution in [0.25, 0.3) is 0 Å². The quantitative estimate of drug-likeness (QED) is 0.547. The highest BCUT2D eigenvalue weighted by molar-refractivity contribution is 7.86. The summed E-state index contributed by atoms with van der Waals surface area (Å²) in [5.41, 5.74) is -5.53. The van der Waals surface area contributed by atoms with Crippen molar-refractivity contribution < 1.29 is 39.1 Å². The van der Waals surface area contributed by atoms with Gasteiger partial charge < -0.3 is 9.80 Å². The van der Waals surface area contributed by atoms with E-state index in [2.05, 4.69) is 0 Å². The summed E-state index contributed by atoms with van der Waals surface area (Å²) in [4.78, 5) is 3.98. The Morgan fingerprint density at radius 1 is 1.14 bits per heavy atom. The number of hydrogen-bond acceptors (Lipinski definition) is 6. The molecule has 0 atom stereocenters. The van der Waals surface area contributed by atoms with Crippen LogP contribution in [0, 0.1) is 0 Å². The molecule has 0 aromatic carbocycles. The predicted octanol–water partition coefficient (Wildman–Crippen LogP) is 0.334. The zero-order valence-corrected chi connectivity index (χ0v) is 12.5. The number of nitrogens with zero attached hydrogens (tertiary/aromatic N) is 2. The molecular formula is C8H15F3N2O6S2. The fourth-order valence-corrected chi connectivity index (χ4v) is 1.68. The average molecular weight is 356 g/mol. The largest absolute Gasteiger partial charge is 0.522 e. The summed E-state index contributed by atoms with van der Waals surface area (Å²) in [6.45, 7) is 1.44. The second-order valence-electron chi connectivity index (χ2n) is 4.07. The van der Waals surface area contributed by atoms with E-state index in [-0.39, 0.29) is 5.75 Å². The SMILES string of the molecule is CN1C=CN(CCCS(=O)(=O)O)C1.O=S(=O)(O)C(F)(F)F. The van der Waals surface area contributed by atoms with Crippen LogP contribution in [0.4, 0.5) is 13.2 Å². The van der Waals surface area contributed by atoms with Gasteiger partial charge in [0.15, 0.2) is 0 Å². The van der Waals surface area contributed by atoms with Crippen LogP contribution >= 0.6 is 0 Å². The highest BCUT2D eigenvalue weighted by atomic mass is 32.2. The minimum atomic E-state index is -5.84. The molecule has 0 spiro atoms. The molecule has 0 bridgehead atoms. The van der Waals surface area contributed by atoms with Crippen molar-refractivity contribution in [1.29, 1.82) is 0 Å². The molecule has 0 fully saturated rings. The van der Waals surface area contributed by atoms with E-state index in [9.17, 15) is 21.6 Å². The topological polar surface area (TPSA) is 115 Å². The van der Waals surface area contributed by atoms with Crippen LogP contribution in [-0.4, -0.2) is 67.3 Å².